The van der Waals surface area contributed by atoms with Crippen LogP contribution < -0.4 is 0 Å². The quantitative estimate of drug-likeness (QED) is 0.676. The van der Waals surface area contributed by atoms with Crippen LogP contribution in [0.1, 0.15) is 35.7 Å². The molecule has 0 amide bonds. The molecule has 5 nitrogen and oxygen atoms in total. The number of benzene rings is 1. The summed E-state index contributed by atoms with van der Waals surface area (Å²) in [6.07, 6.45) is 0.801. The molecule has 0 unspecified atom stereocenters. The van der Waals surface area contributed by atoms with E-state index in [1.54, 1.807) is 5.51 Å². The molecule has 0 saturated heterocycles. The highest BCUT2D eigenvalue weighted by Gasteiger charge is 2.20. The SMILES string of the molecule is CC[C@@H](c1ccccc1)[S@@](=O)Cc1noc(-c2scnc2C)n1. The molecule has 2 aromatic heterocycles. The number of rotatable bonds is 6. The first-order valence-electron chi connectivity index (χ1n) is 7.34. The number of aryl methyl sites for hydroxylation is 1. The third-order valence-electron chi connectivity index (χ3n) is 3.54. The summed E-state index contributed by atoms with van der Waals surface area (Å²) >= 11 is 1.46. The average Bonchev–Trinajstić information content (AvgIpc) is 3.18. The standard InChI is InChI=1S/C16H17N3O2S2/c1-3-13(12-7-5-4-6-8-12)23(20)9-14-18-16(21-19-14)15-11(2)17-10-22-15/h4-8,10,13H,3,9H2,1-2H3/t13-,23-/m0/s1. The summed E-state index contributed by atoms with van der Waals surface area (Å²) in [4.78, 5) is 9.40. The molecule has 0 saturated carbocycles. The van der Waals surface area contributed by atoms with Crippen molar-refractivity contribution in [2.45, 2.75) is 31.3 Å². The number of thiazole rings is 1. The Bertz CT molecular complexity index is 799. The van der Waals surface area contributed by atoms with Crippen LogP contribution >= 0.6 is 11.3 Å². The molecule has 0 aliphatic heterocycles. The van der Waals surface area contributed by atoms with Gasteiger partial charge in [0, 0.05) is 10.8 Å². The lowest BCUT2D eigenvalue weighted by Gasteiger charge is -2.13. The van der Waals surface area contributed by atoms with Crippen molar-refractivity contribution in [2.75, 3.05) is 0 Å². The highest BCUT2D eigenvalue weighted by molar-refractivity contribution is 7.84. The minimum atomic E-state index is -1.10. The van der Waals surface area contributed by atoms with Gasteiger partial charge in [0.05, 0.1) is 22.2 Å². The third kappa shape index (κ3) is 3.56. The van der Waals surface area contributed by atoms with Crippen molar-refractivity contribution in [2.24, 2.45) is 0 Å². The molecule has 23 heavy (non-hydrogen) atoms. The molecule has 2 heterocycles. The Morgan fingerprint density at radius 2 is 2.09 bits per heavy atom. The lowest BCUT2D eigenvalue weighted by Crippen LogP contribution is -2.08. The van der Waals surface area contributed by atoms with Gasteiger partial charge in [0.15, 0.2) is 5.82 Å². The predicted octanol–water partition coefficient (Wildman–Crippen LogP) is 3.90. The maximum atomic E-state index is 12.7. The Labute approximate surface area is 141 Å². The van der Waals surface area contributed by atoms with Crippen LogP contribution in [0.5, 0.6) is 0 Å². The molecule has 0 N–H and O–H groups in total. The Morgan fingerprint density at radius 1 is 1.30 bits per heavy atom. The number of aromatic nitrogens is 3. The normalized spacial score (nSPS) is 13.8. The second-order valence-corrected chi connectivity index (χ2v) is 7.59. The van der Waals surface area contributed by atoms with Gasteiger partial charge in [-0.05, 0) is 18.9 Å². The smallest absolute Gasteiger partial charge is 0.269 e. The number of nitrogens with zero attached hydrogens (tertiary/aromatic N) is 3. The summed E-state index contributed by atoms with van der Waals surface area (Å²) in [5.41, 5.74) is 3.69. The molecule has 3 rings (SSSR count). The highest BCUT2D eigenvalue weighted by atomic mass is 32.2. The summed E-state index contributed by atoms with van der Waals surface area (Å²) in [5.74, 6) is 1.21. The number of hydrogen-bond acceptors (Lipinski definition) is 6. The first-order chi connectivity index (χ1) is 11.2. The van der Waals surface area contributed by atoms with E-state index in [2.05, 4.69) is 15.1 Å². The van der Waals surface area contributed by atoms with Crippen LogP contribution in [0.2, 0.25) is 0 Å². The fourth-order valence-corrected chi connectivity index (χ4v) is 4.51. The Morgan fingerprint density at radius 3 is 2.74 bits per heavy atom. The monoisotopic (exact) mass is 347 g/mol. The van der Waals surface area contributed by atoms with Crippen LogP contribution in [0.3, 0.4) is 0 Å². The van der Waals surface area contributed by atoms with Crippen LogP contribution in [0, 0.1) is 6.92 Å². The fourth-order valence-electron chi connectivity index (χ4n) is 2.38. The maximum absolute atomic E-state index is 12.7. The van der Waals surface area contributed by atoms with E-state index in [0.717, 1.165) is 22.6 Å². The van der Waals surface area contributed by atoms with Gasteiger partial charge < -0.3 is 4.52 Å². The van der Waals surface area contributed by atoms with Gasteiger partial charge in [-0.25, -0.2) is 4.98 Å². The van der Waals surface area contributed by atoms with Crippen LogP contribution in [0.25, 0.3) is 10.8 Å². The maximum Gasteiger partial charge on any atom is 0.269 e. The van der Waals surface area contributed by atoms with Crippen molar-refractivity contribution in [1.82, 2.24) is 15.1 Å². The van der Waals surface area contributed by atoms with Gasteiger partial charge in [0.1, 0.15) is 4.88 Å². The zero-order valence-corrected chi connectivity index (χ0v) is 14.6. The van der Waals surface area contributed by atoms with Crippen molar-refractivity contribution in [3.05, 3.63) is 52.9 Å². The predicted molar refractivity (Wildman–Crippen MR) is 91.5 cm³/mol. The molecule has 3 aromatic rings. The second-order valence-electron chi connectivity index (χ2n) is 5.12. The van der Waals surface area contributed by atoms with E-state index in [9.17, 15) is 4.21 Å². The van der Waals surface area contributed by atoms with E-state index in [-0.39, 0.29) is 11.0 Å². The van der Waals surface area contributed by atoms with E-state index >= 15 is 0 Å². The molecule has 1 aromatic carbocycles. The van der Waals surface area contributed by atoms with Crippen LogP contribution in [-0.4, -0.2) is 19.3 Å². The highest BCUT2D eigenvalue weighted by Crippen LogP contribution is 2.27. The molecular formula is C16H17N3O2S2. The third-order valence-corrected chi connectivity index (χ3v) is 6.24. The Balaban J connectivity index is 1.75. The summed E-state index contributed by atoms with van der Waals surface area (Å²) in [6.45, 7) is 3.94. The van der Waals surface area contributed by atoms with Crippen molar-refractivity contribution >= 4 is 22.1 Å². The van der Waals surface area contributed by atoms with Gasteiger partial charge in [0.2, 0.25) is 0 Å². The zero-order chi connectivity index (χ0) is 16.2. The van der Waals surface area contributed by atoms with Gasteiger partial charge in [-0.1, -0.05) is 42.4 Å². The van der Waals surface area contributed by atoms with Gasteiger partial charge in [-0.2, -0.15) is 4.98 Å². The lowest BCUT2D eigenvalue weighted by molar-refractivity contribution is 0.425. The largest absolute Gasteiger partial charge is 0.333 e. The average molecular weight is 347 g/mol. The molecule has 0 spiro atoms. The fraction of sp³-hybridized carbons (Fsp3) is 0.312. The molecule has 0 aliphatic carbocycles. The van der Waals surface area contributed by atoms with Crippen molar-refractivity contribution in [3.63, 3.8) is 0 Å². The van der Waals surface area contributed by atoms with E-state index in [0.29, 0.717) is 11.7 Å². The van der Waals surface area contributed by atoms with Gasteiger partial charge in [0.25, 0.3) is 5.89 Å². The molecule has 7 heteroatoms. The minimum absolute atomic E-state index is 0.0247. The molecule has 0 aliphatic rings. The van der Waals surface area contributed by atoms with E-state index in [1.807, 2.05) is 44.2 Å². The van der Waals surface area contributed by atoms with E-state index < -0.39 is 10.8 Å². The molecule has 120 valence electrons. The molecular weight excluding hydrogens is 330 g/mol. The summed E-state index contributed by atoms with van der Waals surface area (Å²) in [6, 6.07) is 9.91. The van der Waals surface area contributed by atoms with Crippen LogP contribution in [-0.2, 0) is 16.6 Å². The number of hydrogen-bond donors (Lipinski definition) is 0. The van der Waals surface area contributed by atoms with Gasteiger partial charge in [-0.15, -0.1) is 11.3 Å². The zero-order valence-electron chi connectivity index (χ0n) is 12.9. The van der Waals surface area contributed by atoms with E-state index in [4.69, 9.17) is 4.52 Å². The molecule has 0 bridgehead atoms. The van der Waals surface area contributed by atoms with Crippen molar-refractivity contribution in [1.29, 1.82) is 0 Å². The van der Waals surface area contributed by atoms with Gasteiger partial charge >= 0.3 is 0 Å². The minimum Gasteiger partial charge on any atom is -0.333 e. The topological polar surface area (TPSA) is 68.9 Å². The lowest BCUT2D eigenvalue weighted by atomic mass is 10.1. The Kier molecular flexibility index (Phi) is 4.97. The van der Waals surface area contributed by atoms with Crippen LogP contribution in [0.15, 0.2) is 40.4 Å². The molecule has 0 fully saturated rings. The second kappa shape index (κ2) is 7.14. The van der Waals surface area contributed by atoms with E-state index in [1.165, 1.54) is 11.3 Å². The van der Waals surface area contributed by atoms with Gasteiger partial charge in [-0.3, -0.25) is 4.21 Å². The first-order valence-corrected chi connectivity index (χ1v) is 9.60. The summed E-state index contributed by atoms with van der Waals surface area (Å²) in [7, 11) is -1.10. The first kappa shape index (κ1) is 16.0. The summed E-state index contributed by atoms with van der Waals surface area (Å²) in [5, 5.41) is 3.94. The van der Waals surface area contributed by atoms with Crippen molar-refractivity contribution < 1.29 is 8.73 Å². The van der Waals surface area contributed by atoms with Crippen molar-refractivity contribution in [3.8, 4) is 10.8 Å². The molecule has 2 atom stereocenters. The summed E-state index contributed by atoms with van der Waals surface area (Å²) < 4.78 is 18.0. The molecule has 0 radical (unpaired) electrons. The Hall–Kier alpha value is -1.86. The van der Waals surface area contributed by atoms with Crippen LogP contribution in [0.4, 0.5) is 0 Å².